The summed E-state index contributed by atoms with van der Waals surface area (Å²) in [4.78, 5) is 24.2. The van der Waals surface area contributed by atoms with Gasteiger partial charge >= 0.3 is 0 Å². The molecule has 0 fully saturated rings. The van der Waals surface area contributed by atoms with Crippen molar-refractivity contribution in [2.24, 2.45) is 0 Å². The summed E-state index contributed by atoms with van der Waals surface area (Å²) in [6.45, 7) is 8.01. The first-order valence-corrected chi connectivity index (χ1v) is 8.37. The third-order valence-electron chi connectivity index (χ3n) is 3.65. The predicted molar refractivity (Wildman–Crippen MR) is 102 cm³/mol. The number of hydrogen-bond acceptors (Lipinski definition) is 3. The van der Waals surface area contributed by atoms with Crippen molar-refractivity contribution in [2.45, 2.75) is 33.7 Å². The van der Waals surface area contributed by atoms with Crippen LogP contribution in [0.1, 0.15) is 35.3 Å². The van der Waals surface area contributed by atoms with E-state index in [0.717, 1.165) is 11.3 Å². The van der Waals surface area contributed by atoms with Crippen molar-refractivity contribution >= 4 is 23.2 Å². The van der Waals surface area contributed by atoms with Crippen molar-refractivity contribution in [1.82, 2.24) is 5.32 Å². The Balaban J connectivity index is 1.95. The number of benzene rings is 2. The molecule has 0 heterocycles. The Hall–Kier alpha value is -2.82. The summed E-state index contributed by atoms with van der Waals surface area (Å²) in [5, 5.41) is 8.78. The molecule has 25 heavy (non-hydrogen) atoms. The number of rotatable bonds is 6. The van der Waals surface area contributed by atoms with Gasteiger partial charge in [-0.05, 0) is 57.5 Å². The number of carbonyl (C=O) groups is 2. The van der Waals surface area contributed by atoms with Gasteiger partial charge in [0.2, 0.25) is 5.91 Å². The second-order valence-electron chi connectivity index (χ2n) is 6.43. The molecule has 0 unspecified atom stereocenters. The monoisotopic (exact) mass is 339 g/mol. The minimum Gasteiger partial charge on any atom is -0.376 e. The van der Waals surface area contributed by atoms with E-state index in [1.165, 1.54) is 5.56 Å². The summed E-state index contributed by atoms with van der Waals surface area (Å²) in [6, 6.07) is 13.0. The quantitative estimate of drug-likeness (QED) is 0.754. The predicted octanol–water partition coefficient (Wildman–Crippen LogP) is 3.49. The van der Waals surface area contributed by atoms with E-state index < -0.39 is 0 Å². The zero-order valence-corrected chi connectivity index (χ0v) is 15.1. The third-order valence-corrected chi connectivity index (χ3v) is 3.65. The van der Waals surface area contributed by atoms with Crippen molar-refractivity contribution in [3.05, 3.63) is 59.2 Å². The summed E-state index contributed by atoms with van der Waals surface area (Å²) < 4.78 is 0. The average molecular weight is 339 g/mol. The van der Waals surface area contributed by atoms with Crippen LogP contribution >= 0.6 is 0 Å². The SMILES string of the molecule is Cc1ccc(NCC(=O)Nc2cccc(C(=O)NC(C)C)c2)c(C)c1. The molecule has 0 atom stereocenters. The van der Waals surface area contributed by atoms with Crippen molar-refractivity contribution in [3.8, 4) is 0 Å². The molecule has 5 nitrogen and oxygen atoms in total. The Morgan fingerprint density at radius 3 is 2.48 bits per heavy atom. The van der Waals surface area contributed by atoms with Crippen LogP contribution in [0, 0.1) is 13.8 Å². The first kappa shape index (κ1) is 18.5. The number of anilines is 2. The molecular formula is C20H25N3O2. The van der Waals surface area contributed by atoms with Gasteiger partial charge in [0.05, 0.1) is 6.54 Å². The minimum absolute atomic E-state index is 0.0627. The van der Waals surface area contributed by atoms with Crippen molar-refractivity contribution in [1.29, 1.82) is 0 Å². The fourth-order valence-corrected chi connectivity index (χ4v) is 2.48. The Morgan fingerprint density at radius 1 is 1.04 bits per heavy atom. The van der Waals surface area contributed by atoms with Gasteiger partial charge in [0.25, 0.3) is 5.91 Å². The average Bonchev–Trinajstić information content (AvgIpc) is 2.53. The molecule has 0 radical (unpaired) electrons. The molecule has 0 saturated carbocycles. The molecule has 3 N–H and O–H groups in total. The normalized spacial score (nSPS) is 10.4. The summed E-state index contributed by atoms with van der Waals surface area (Å²) >= 11 is 0. The molecule has 0 spiro atoms. The van der Waals surface area contributed by atoms with Gasteiger partial charge in [-0.3, -0.25) is 9.59 Å². The fourth-order valence-electron chi connectivity index (χ4n) is 2.48. The van der Waals surface area contributed by atoms with E-state index in [1.807, 2.05) is 39.8 Å². The van der Waals surface area contributed by atoms with Gasteiger partial charge in [-0.2, -0.15) is 0 Å². The van der Waals surface area contributed by atoms with Crippen LogP contribution < -0.4 is 16.0 Å². The number of aryl methyl sites for hydroxylation is 2. The highest BCUT2D eigenvalue weighted by atomic mass is 16.2. The van der Waals surface area contributed by atoms with Gasteiger partial charge in [-0.1, -0.05) is 23.8 Å². The van der Waals surface area contributed by atoms with Crippen molar-refractivity contribution < 1.29 is 9.59 Å². The maximum absolute atomic E-state index is 12.1. The van der Waals surface area contributed by atoms with Gasteiger partial charge in [-0.25, -0.2) is 0 Å². The topological polar surface area (TPSA) is 70.2 Å². The van der Waals surface area contributed by atoms with Crippen LogP contribution in [0.4, 0.5) is 11.4 Å². The molecule has 0 aliphatic heterocycles. The molecule has 0 saturated heterocycles. The highest BCUT2D eigenvalue weighted by Gasteiger charge is 2.09. The summed E-state index contributed by atoms with van der Waals surface area (Å²) in [5.41, 5.74) is 4.34. The molecule has 5 heteroatoms. The number of carbonyl (C=O) groups excluding carboxylic acids is 2. The lowest BCUT2D eigenvalue weighted by Crippen LogP contribution is -2.30. The van der Waals surface area contributed by atoms with Crippen LogP contribution in [0.2, 0.25) is 0 Å². The second kappa shape index (κ2) is 8.33. The molecule has 2 aromatic carbocycles. The van der Waals surface area contributed by atoms with Crippen LogP contribution in [0.15, 0.2) is 42.5 Å². The number of amides is 2. The zero-order valence-electron chi connectivity index (χ0n) is 15.1. The Labute approximate surface area is 148 Å². The summed E-state index contributed by atoms with van der Waals surface area (Å²) in [6.07, 6.45) is 0. The standard InChI is InChI=1S/C20H25N3O2/c1-13(2)22-20(25)16-6-5-7-17(11-16)23-19(24)12-21-18-9-8-14(3)10-15(18)4/h5-11,13,21H,12H2,1-4H3,(H,22,25)(H,23,24). The van der Waals surface area contributed by atoms with Gasteiger partial charge < -0.3 is 16.0 Å². The Morgan fingerprint density at radius 2 is 1.80 bits per heavy atom. The smallest absolute Gasteiger partial charge is 0.251 e. The van der Waals surface area contributed by atoms with Gasteiger partial charge in [0, 0.05) is 23.0 Å². The zero-order chi connectivity index (χ0) is 18.4. The molecule has 2 rings (SSSR count). The maximum atomic E-state index is 12.1. The van der Waals surface area contributed by atoms with E-state index >= 15 is 0 Å². The van der Waals surface area contributed by atoms with E-state index in [0.29, 0.717) is 11.3 Å². The third kappa shape index (κ3) is 5.64. The fraction of sp³-hybridized carbons (Fsp3) is 0.300. The lowest BCUT2D eigenvalue weighted by Gasteiger charge is -2.12. The van der Waals surface area contributed by atoms with Crippen LogP contribution in [-0.4, -0.2) is 24.4 Å². The van der Waals surface area contributed by atoms with Crippen LogP contribution in [0.25, 0.3) is 0 Å². The molecule has 0 aliphatic carbocycles. The lowest BCUT2D eigenvalue weighted by molar-refractivity contribution is -0.114. The molecule has 0 bridgehead atoms. The molecule has 0 aliphatic rings. The largest absolute Gasteiger partial charge is 0.376 e. The molecule has 2 aromatic rings. The van der Waals surface area contributed by atoms with Gasteiger partial charge in [-0.15, -0.1) is 0 Å². The summed E-state index contributed by atoms with van der Waals surface area (Å²) in [7, 11) is 0. The van der Waals surface area contributed by atoms with Crippen molar-refractivity contribution in [3.63, 3.8) is 0 Å². The first-order valence-electron chi connectivity index (χ1n) is 8.37. The van der Waals surface area contributed by atoms with Crippen LogP contribution in [-0.2, 0) is 4.79 Å². The minimum atomic E-state index is -0.165. The Bertz CT molecular complexity index is 769. The maximum Gasteiger partial charge on any atom is 0.251 e. The van der Waals surface area contributed by atoms with Crippen molar-refractivity contribution in [2.75, 3.05) is 17.2 Å². The van der Waals surface area contributed by atoms with Gasteiger partial charge in [0.1, 0.15) is 0 Å². The first-order chi connectivity index (χ1) is 11.8. The number of hydrogen-bond donors (Lipinski definition) is 3. The Kier molecular flexibility index (Phi) is 6.17. The van der Waals surface area contributed by atoms with E-state index in [1.54, 1.807) is 24.3 Å². The molecule has 0 aromatic heterocycles. The summed E-state index contributed by atoms with van der Waals surface area (Å²) in [5.74, 6) is -0.319. The van der Waals surface area contributed by atoms with E-state index in [2.05, 4.69) is 22.0 Å². The number of nitrogens with one attached hydrogen (secondary N) is 3. The highest BCUT2D eigenvalue weighted by molar-refractivity contribution is 5.98. The van der Waals surface area contributed by atoms with E-state index in [9.17, 15) is 9.59 Å². The molecule has 132 valence electrons. The lowest BCUT2D eigenvalue weighted by atomic mass is 10.1. The van der Waals surface area contributed by atoms with Crippen LogP contribution in [0.3, 0.4) is 0 Å². The van der Waals surface area contributed by atoms with E-state index in [-0.39, 0.29) is 24.4 Å². The molecular weight excluding hydrogens is 314 g/mol. The molecule has 2 amide bonds. The van der Waals surface area contributed by atoms with Crippen LogP contribution in [0.5, 0.6) is 0 Å². The highest BCUT2D eigenvalue weighted by Crippen LogP contribution is 2.16. The van der Waals surface area contributed by atoms with Gasteiger partial charge in [0.15, 0.2) is 0 Å². The van der Waals surface area contributed by atoms with E-state index in [4.69, 9.17) is 0 Å². The second-order valence-corrected chi connectivity index (χ2v) is 6.43.